The van der Waals surface area contributed by atoms with Crippen molar-refractivity contribution in [2.45, 2.75) is 19.6 Å². The van der Waals surface area contributed by atoms with Crippen molar-refractivity contribution in [2.24, 2.45) is 0 Å². The Labute approximate surface area is 133 Å². The smallest absolute Gasteiger partial charge is 0.253 e. The fourth-order valence-corrected chi connectivity index (χ4v) is 2.16. The number of nitrogens with one attached hydrogen (secondary N) is 2. The summed E-state index contributed by atoms with van der Waals surface area (Å²) in [6.45, 7) is 2.15. The average Bonchev–Trinajstić information content (AvgIpc) is 2.56. The first-order valence-corrected chi connectivity index (χ1v) is 7.18. The van der Waals surface area contributed by atoms with Crippen LogP contribution in [0.1, 0.15) is 12.5 Å². The Hall–Kier alpha value is -2.54. The summed E-state index contributed by atoms with van der Waals surface area (Å²) in [6.07, 6.45) is -0.613. The van der Waals surface area contributed by atoms with Gasteiger partial charge in [-0.1, -0.05) is 6.07 Å². The van der Waals surface area contributed by atoms with Crippen molar-refractivity contribution in [1.29, 1.82) is 0 Å². The molecule has 0 aliphatic rings. The van der Waals surface area contributed by atoms with Gasteiger partial charge in [0.25, 0.3) is 10.9 Å². The first kappa shape index (κ1) is 16.8. The second kappa shape index (κ2) is 7.15. The lowest BCUT2D eigenvalue weighted by Crippen LogP contribution is -2.38. The molecule has 2 rings (SSSR count). The molecule has 0 aliphatic heterocycles. The lowest BCUT2D eigenvalue weighted by atomic mass is 10.1. The van der Waals surface area contributed by atoms with Crippen LogP contribution in [-0.4, -0.2) is 32.0 Å². The van der Waals surface area contributed by atoms with E-state index in [0.717, 1.165) is 5.56 Å². The highest BCUT2D eigenvalue weighted by Gasteiger charge is 2.20. The van der Waals surface area contributed by atoms with Crippen LogP contribution in [0.5, 0.6) is 11.5 Å². The van der Waals surface area contributed by atoms with Crippen molar-refractivity contribution in [1.82, 2.24) is 0 Å². The second-order valence-corrected chi connectivity index (χ2v) is 5.18. The first-order valence-electron chi connectivity index (χ1n) is 7.18. The van der Waals surface area contributed by atoms with Gasteiger partial charge in [0, 0.05) is 13.1 Å². The summed E-state index contributed by atoms with van der Waals surface area (Å²) in [7, 11) is 3.10. The van der Waals surface area contributed by atoms with E-state index in [1.807, 2.05) is 6.07 Å². The molecule has 0 bridgehead atoms. The summed E-state index contributed by atoms with van der Waals surface area (Å²) in [5.74, 6) is 1.20. The summed E-state index contributed by atoms with van der Waals surface area (Å²) in [4.78, 5) is 23.2. The van der Waals surface area contributed by atoms with Crippen molar-refractivity contribution in [3.63, 3.8) is 0 Å². The zero-order valence-corrected chi connectivity index (χ0v) is 13.3. The van der Waals surface area contributed by atoms with Gasteiger partial charge >= 0.3 is 0 Å². The van der Waals surface area contributed by atoms with Crippen LogP contribution >= 0.6 is 0 Å². The van der Waals surface area contributed by atoms with E-state index in [0.29, 0.717) is 18.0 Å². The minimum atomic E-state index is -0.613. The van der Waals surface area contributed by atoms with E-state index in [2.05, 4.69) is 10.6 Å². The maximum atomic E-state index is 11.6. The Morgan fingerprint density at radius 1 is 1.04 bits per heavy atom. The van der Waals surface area contributed by atoms with Crippen molar-refractivity contribution in [3.8, 4) is 11.5 Å². The first-order chi connectivity index (χ1) is 11.0. The van der Waals surface area contributed by atoms with Crippen LogP contribution in [0, 0.1) is 0 Å². The van der Waals surface area contributed by atoms with Crippen LogP contribution in [-0.2, 0) is 6.54 Å². The molecule has 7 nitrogen and oxygen atoms in total. The summed E-state index contributed by atoms with van der Waals surface area (Å²) in [6, 6.07) is 5.40. The molecule has 1 atom stereocenters. The normalized spacial score (nSPS) is 12.0. The third kappa shape index (κ3) is 3.62. The average molecular weight is 320 g/mol. The van der Waals surface area contributed by atoms with Gasteiger partial charge in [0.05, 0.1) is 20.3 Å². The number of hydrogen-bond donors (Lipinski definition) is 3. The van der Waals surface area contributed by atoms with Gasteiger partial charge in [-0.05, 0) is 24.6 Å². The maximum absolute atomic E-state index is 11.6. The molecule has 3 N–H and O–H groups in total. The number of methoxy groups -OCH3 is 2. The van der Waals surface area contributed by atoms with Crippen molar-refractivity contribution in [2.75, 3.05) is 31.4 Å². The zero-order valence-electron chi connectivity index (χ0n) is 13.3. The molecule has 0 spiro atoms. The highest BCUT2D eigenvalue weighted by atomic mass is 16.5. The van der Waals surface area contributed by atoms with E-state index in [1.54, 1.807) is 33.3 Å². The molecule has 0 radical (unpaired) electrons. The molecular formula is C16H20N2O5. The molecule has 124 valence electrons. The minimum absolute atomic E-state index is 0.204. The molecule has 1 unspecified atom stereocenters. The number of hydrogen-bond acceptors (Lipinski definition) is 7. The number of aliphatic hydroxyl groups is 1. The number of anilines is 2. The summed E-state index contributed by atoms with van der Waals surface area (Å²) < 4.78 is 10.4. The van der Waals surface area contributed by atoms with Gasteiger partial charge in [-0.15, -0.1) is 0 Å². The highest BCUT2D eigenvalue weighted by molar-refractivity contribution is 5.74. The van der Waals surface area contributed by atoms with E-state index >= 15 is 0 Å². The van der Waals surface area contributed by atoms with Gasteiger partial charge in [0.1, 0.15) is 11.4 Å². The fraction of sp³-hybridized carbons (Fsp3) is 0.375. The third-order valence-electron chi connectivity index (χ3n) is 3.40. The number of benzene rings is 1. The van der Waals surface area contributed by atoms with Crippen LogP contribution in [0.2, 0.25) is 0 Å². The molecule has 0 heterocycles. The van der Waals surface area contributed by atoms with Crippen molar-refractivity contribution < 1.29 is 14.6 Å². The summed E-state index contributed by atoms with van der Waals surface area (Å²) >= 11 is 0. The number of aliphatic hydroxyl groups excluding tert-OH is 1. The molecule has 2 aromatic rings. The molecule has 0 saturated heterocycles. The van der Waals surface area contributed by atoms with Crippen LogP contribution in [0.3, 0.4) is 0 Å². The number of rotatable bonds is 8. The molecule has 7 heteroatoms. The minimum Gasteiger partial charge on any atom is -0.493 e. The summed E-state index contributed by atoms with van der Waals surface area (Å²) in [5.41, 5.74) is 0.206. The molecular weight excluding hydrogens is 300 g/mol. The molecule has 0 aromatic heterocycles. The van der Waals surface area contributed by atoms with Crippen LogP contribution < -0.4 is 31.0 Å². The SMILES string of the molecule is COc1ccc(CNc2c(NCC(C)O)c(=O)c2=O)cc1OC. The third-order valence-corrected chi connectivity index (χ3v) is 3.40. The Bertz CT molecular complexity index is 747. The largest absolute Gasteiger partial charge is 0.493 e. The van der Waals surface area contributed by atoms with Gasteiger partial charge in [0.2, 0.25) is 0 Å². The van der Waals surface area contributed by atoms with Crippen LogP contribution in [0.25, 0.3) is 0 Å². The van der Waals surface area contributed by atoms with E-state index < -0.39 is 17.0 Å². The monoisotopic (exact) mass is 320 g/mol. The fourth-order valence-electron chi connectivity index (χ4n) is 2.16. The Morgan fingerprint density at radius 3 is 2.22 bits per heavy atom. The molecule has 2 aromatic carbocycles. The lowest BCUT2D eigenvalue weighted by Gasteiger charge is -2.16. The van der Waals surface area contributed by atoms with E-state index in [1.165, 1.54) is 0 Å². The number of ether oxygens (including phenoxy) is 2. The molecule has 0 fully saturated rings. The van der Waals surface area contributed by atoms with Crippen molar-refractivity contribution in [3.05, 3.63) is 44.2 Å². The van der Waals surface area contributed by atoms with Crippen LogP contribution in [0.15, 0.2) is 27.8 Å². The Balaban J connectivity index is 2.08. The van der Waals surface area contributed by atoms with E-state index in [4.69, 9.17) is 9.47 Å². The van der Waals surface area contributed by atoms with Gasteiger partial charge < -0.3 is 25.2 Å². The molecule has 0 amide bonds. The van der Waals surface area contributed by atoms with E-state index in [-0.39, 0.29) is 17.9 Å². The predicted octanol–water partition coefficient (Wildman–Crippen LogP) is 0.705. The molecule has 23 heavy (non-hydrogen) atoms. The second-order valence-electron chi connectivity index (χ2n) is 5.18. The van der Waals surface area contributed by atoms with Crippen molar-refractivity contribution >= 4 is 11.4 Å². The maximum Gasteiger partial charge on any atom is 0.253 e. The van der Waals surface area contributed by atoms with Gasteiger partial charge in [0.15, 0.2) is 11.5 Å². The molecule has 0 saturated carbocycles. The van der Waals surface area contributed by atoms with Gasteiger partial charge in [-0.25, -0.2) is 0 Å². The van der Waals surface area contributed by atoms with Gasteiger partial charge in [-0.2, -0.15) is 0 Å². The standard InChI is InChI=1S/C16H20N2O5/c1-9(19)7-17-13-14(16(21)15(13)20)18-8-10-4-5-11(22-2)12(6-10)23-3/h4-6,9,17-19H,7-8H2,1-3H3. The summed E-state index contributed by atoms with van der Waals surface area (Å²) in [5, 5.41) is 15.0. The lowest BCUT2D eigenvalue weighted by molar-refractivity contribution is 0.208. The quantitative estimate of drug-likeness (QED) is 0.616. The molecule has 0 aliphatic carbocycles. The highest BCUT2D eigenvalue weighted by Crippen LogP contribution is 2.28. The van der Waals surface area contributed by atoms with E-state index in [9.17, 15) is 14.7 Å². The zero-order chi connectivity index (χ0) is 17.0. The van der Waals surface area contributed by atoms with Crippen LogP contribution in [0.4, 0.5) is 11.4 Å². The Kier molecular flexibility index (Phi) is 5.23. The Morgan fingerprint density at radius 2 is 1.65 bits per heavy atom. The van der Waals surface area contributed by atoms with Gasteiger partial charge in [-0.3, -0.25) is 9.59 Å². The predicted molar refractivity (Wildman–Crippen MR) is 88.4 cm³/mol. The topological polar surface area (TPSA) is 96.9 Å².